The van der Waals surface area contributed by atoms with Crippen molar-refractivity contribution in [1.82, 2.24) is 0 Å². The van der Waals surface area contributed by atoms with Gasteiger partial charge in [-0.1, -0.05) is 0 Å². The molecule has 0 aliphatic carbocycles. The SMILES string of the molecule is O=C(CO)[C@@H](O)[C@H](O)[C@H](O)CO.O=C(CO)[C@H](O)[C@@H](O)[C@H](O)CO. The molecule has 10 N–H and O–H groups in total. The first-order valence-electron chi connectivity index (χ1n) is 6.66. The van der Waals surface area contributed by atoms with E-state index in [1.165, 1.54) is 0 Å². The van der Waals surface area contributed by atoms with Gasteiger partial charge in [-0.2, -0.15) is 0 Å². The minimum Gasteiger partial charge on any atom is -0.394 e. The van der Waals surface area contributed by atoms with Crippen molar-refractivity contribution in [2.45, 2.75) is 36.6 Å². The van der Waals surface area contributed by atoms with E-state index in [0.29, 0.717) is 0 Å². The van der Waals surface area contributed by atoms with Crippen LogP contribution in [0.2, 0.25) is 0 Å². The van der Waals surface area contributed by atoms with Crippen molar-refractivity contribution < 1.29 is 60.7 Å². The second kappa shape index (κ2) is 13.3. The van der Waals surface area contributed by atoms with Crippen LogP contribution in [0.4, 0.5) is 0 Å². The van der Waals surface area contributed by atoms with Crippen molar-refractivity contribution in [2.24, 2.45) is 0 Å². The first kappa shape index (κ1) is 25.2. The molecule has 0 bridgehead atoms. The minimum absolute atomic E-state index is 0.767. The van der Waals surface area contributed by atoms with Crippen molar-refractivity contribution in [3.05, 3.63) is 0 Å². The maximum Gasteiger partial charge on any atom is 0.189 e. The summed E-state index contributed by atoms with van der Waals surface area (Å²) in [6, 6.07) is 0. The minimum atomic E-state index is -1.86. The molecule has 0 aromatic carbocycles. The first-order chi connectivity index (χ1) is 11.1. The topological polar surface area (TPSA) is 236 Å². The Morgan fingerprint density at radius 3 is 1.00 bits per heavy atom. The predicted molar refractivity (Wildman–Crippen MR) is 74.4 cm³/mol. The highest BCUT2D eigenvalue weighted by Gasteiger charge is 2.29. The second-order valence-electron chi connectivity index (χ2n) is 4.62. The number of aliphatic hydroxyl groups is 10. The van der Waals surface area contributed by atoms with Crippen LogP contribution < -0.4 is 0 Å². The van der Waals surface area contributed by atoms with Crippen LogP contribution in [-0.2, 0) is 9.59 Å². The van der Waals surface area contributed by atoms with E-state index in [9.17, 15) is 9.59 Å². The van der Waals surface area contributed by atoms with Crippen LogP contribution in [0.3, 0.4) is 0 Å². The van der Waals surface area contributed by atoms with Gasteiger partial charge in [-0.05, 0) is 0 Å². The van der Waals surface area contributed by atoms with Crippen molar-refractivity contribution in [2.75, 3.05) is 26.4 Å². The van der Waals surface area contributed by atoms with Gasteiger partial charge in [0.05, 0.1) is 13.2 Å². The Morgan fingerprint density at radius 1 is 0.583 bits per heavy atom. The summed E-state index contributed by atoms with van der Waals surface area (Å²) >= 11 is 0. The van der Waals surface area contributed by atoms with E-state index in [0.717, 1.165) is 0 Å². The molecule has 0 radical (unpaired) electrons. The Labute approximate surface area is 136 Å². The van der Waals surface area contributed by atoms with Crippen LogP contribution in [0.5, 0.6) is 0 Å². The third-order valence-corrected chi connectivity index (χ3v) is 2.78. The zero-order valence-electron chi connectivity index (χ0n) is 12.6. The second-order valence-corrected chi connectivity index (χ2v) is 4.62. The molecule has 0 fully saturated rings. The monoisotopic (exact) mass is 360 g/mol. The Kier molecular flexibility index (Phi) is 13.9. The van der Waals surface area contributed by atoms with E-state index in [1.807, 2.05) is 0 Å². The lowest BCUT2D eigenvalue weighted by Gasteiger charge is -2.19. The Bertz CT molecular complexity index is 328. The molecule has 0 amide bonds. The smallest absolute Gasteiger partial charge is 0.189 e. The number of hydrogen-bond donors (Lipinski definition) is 10. The van der Waals surface area contributed by atoms with Gasteiger partial charge in [-0.3, -0.25) is 9.59 Å². The van der Waals surface area contributed by atoms with E-state index in [4.69, 9.17) is 51.1 Å². The molecule has 0 saturated heterocycles. The average molecular weight is 360 g/mol. The van der Waals surface area contributed by atoms with Crippen LogP contribution in [0.15, 0.2) is 0 Å². The number of aliphatic hydroxyl groups excluding tert-OH is 10. The zero-order valence-corrected chi connectivity index (χ0v) is 12.6. The van der Waals surface area contributed by atoms with Gasteiger partial charge in [0, 0.05) is 0 Å². The van der Waals surface area contributed by atoms with Crippen LogP contribution in [0.1, 0.15) is 0 Å². The summed E-state index contributed by atoms with van der Waals surface area (Å²) < 4.78 is 0. The number of carbonyl (C=O) groups excluding carboxylic acids is 2. The molecule has 0 unspecified atom stereocenters. The van der Waals surface area contributed by atoms with E-state index in [-0.39, 0.29) is 0 Å². The highest BCUT2D eigenvalue weighted by atomic mass is 16.4. The summed E-state index contributed by atoms with van der Waals surface area (Å²) in [5, 5.41) is 86.1. The van der Waals surface area contributed by atoms with E-state index in [2.05, 4.69) is 0 Å². The molecule has 24 heavy (non-hydrogen) atoms. The summed E-state index contributed by atoms with van der Waals surface area (Å²) in [6.07, 6.45) is -10.4. The highest BCUT2D eigenvalue weighted by molar-refractivity contribution is 5.84. The molecule has 0 spiro atoms. The lowest BCUT2D eigenvalue weighted by atomic mass is 10.1. The number of hydrogen-bond acceptors (Lipinski definition) is 12. The lowest BCUT2D eigenvalue weighted by Crippen LogP contribution is -2.44. The lowest BCUT2D eigenvalue weighted by molar-refractivity contribution is -0.143. The molecular formula is C12H24O12. The predicted octanol–water partition coefficient (Wildman–Crippen LogP) is -6.75. The summed E-state index contributed by atoms with van der Waals surface area (Å²) in [5.74, 6) is -2.01. The van der Waals surface area contributed by atoms with Crippen LogP contribution in [0, 0.1) is 0 Å². The number of ketones is 2. The van der Waals surface area contributed by atoms with E-state index in [1.54, 1.807) is 0 Å². The highest BCUT2D eigenvalue weighted by Crippen LogP contribution is 2.01. The molecule has 0 aromatic heterocycles. The molecule has 0 aliphatic heterocycles. The maximum absolute atomic E-state index is 10.5. The van der Waals surface area contributed by atoms with E-state index >= 15 is 0 Å². The summed E-state index contributed by atoms with van der Waals surface area (Å²) in [5.41, 5.74) is 0. The third kappa shape index (κ3) is 8.70. The Morgan fingerprint density at radius 2 is 0.833 bits per heavy atom. The third-order valence-electron chi connectivity index (χ3n) is 2.78. The summed E-state index contributed by atoms with van der Waals surface area (Å²) in [4.78, 5) is 21.0. The Hall–Kier alpha value is -1.06. The van der Waals surface area contributed by atoms with Gasteiger partial charge in [0.2, 0.25) is 0 Å². The van der Waals surface area contributed by atoms with E-state index < -0.39 is 74.6 Å². The average Bonchev–Trinajstić information content (AvgIpc) is 2.62. The molecule has 0 aromatic rings. The number of carbonyl (C=O) groups is 2. The number of rotatable bonds is 10. The molecule has 0 heterocycles. The van der Waals surface area contributed by atoms with Gasteiger partial charge in [0.25, 0.3) is 0 Å². The van der Waals surface area contributed by atoms with Gasteiger partial charge in [0.1, 0.15) is 49.8 Å². The van der Waals surface area contributed by atoms with Crippen molar-refractivity contribution in [1.29, 1.82) is 0 Å². The van der Waals surface area contributed by atoms with Gasteiger partial charge in [-0.25, -0.2) is 0 Å². The molecule has 0 rings (SSSR count). The zero-order chi connectivity index (χ0) is 19.4. The van der Waals surface area contributed by atoms with Gasteiger partial charge >= 0.3 is 0 Å². The fraction of sp³-hybridized carbons (Fsp3) is 0.833. The van der Waals surface area contributed by atoms with Gasteiger partial charge < -0.3 is 51.1 Å². The van der Waals surface area contributed by atoms with Gasteiger partial charge in [0.15, 0.2) is 11.6 Å². The number of Topliss-reactive ketones (excluding diaryl/α,β-unsaturated/α-hetero) is 2. The molecule has 12 heteroatoms. The Balaban J connectivity index is 0. The molecule has 6 atom stereocenters. The summed E-state index contributed by atoms with van der Waals surface area (Å²) in [7, 11) is 0. The van der Waals surface area contributed by atoms with Crippen LogP contribution in [0.25, 0.3) is 0 Å². The maximum atomic E-state index is 10.5. The van der Waals surface area contributed by atoms with Crippen molar-refractivity contribution >= 4 is 11.6 Å². The molecule has 0 saturated carbocycles. The van der Waals surface area contributed by atoms with Crippen molar-refractivity contribution in [3.63, 3.8) is 0 Å². The standard InChI is InChI=1S/2C6H12O6/c2*7-1-3(9)5(11)6(12)4(10)2-8/h2*3,5-9,11-12H,1-2H2/t3-,5+,6+;3-,5-,6-/m11/s1. The molecule has 144 valence electrons. The summed E-state index contributed by atoms with van der Waals surface area (Å²) in [6.45, 7) is -3.37. The fourth-order valence-corrected chi connectivity index (χ4v) is 1.20. The first-order valence-corrected chi connectivity index (χ1v) is 6.66. The largest absolute Gasteiger partial charge is 0.394 e. The quantitative estimate of drug-likeness (QED) is 0.175. The van der Waals surface area contributed by atoms with Gasteiger partial charge in [-0.15, -0.1) is 0 Å². The normalized spacial score (nSPS) is 18.4. The van der Waals surface area contributed by atoms with Crippen LogP contribution >= 0.6 is 0 Å². The fourth-order valence-electron chi connectivity index (χ4n) is 1.20. The van der Waals surface area contributed by atoms with Crippen LogP contribution in [-0.4, -0.2) is 126 Å². The molecule has 12 nitrogen and oxygen atoms in total. The van der Waals surface area contributed by atoms with Crippen molar-refractivity contribution in [3.8, 4) is 0 Å². The molecule has 0 aliphatic rings. The molecular weight excluding hydrogens is 336 g/mol.